The van der Waals surface area contributed by atoms with Crippen LogP contribution in [0.1, 0.15) is 30.5 Å². The van der Waals surface area contributed by atoms with Crippen LogP contribution >= 0.6 is 11.6 Å². The fraction of sp³-hybridized carbons (Fsp3) is 0.400. The summed E-state index contributed by atoms with van der Waals surface area (Å²) in [7, 11) is -3.36. The maximum Gasteiger partial charge on any atom is 0.314 e. The lowest BCUT2D eigenvalue weighted by atomic mass is 10.2. The van der Waals surface area contributed by atoms with Crippen LogP contribution in [0.4, 0.5) is 5.82 Å². The van der Waals surface area contributed by atoms with Crippen molar-refractivity contribution < 1.29 is 22.8 Å². The molecule has 0 unspecified atom stereocenters. The predicted molar refractivity (Wildman–Crippen MR) is 117 cm³/mol. The van der Waals surface area contributed by atoms with Crippen LogP contribution in [0.2, 0.25) is 5.02 Å². The lowest BCUT2D eigenvalue weighted by molar-refractivity contribution is -0.136. The second kappa shape index (κ2) is 8.91. The topological polar surface area (TPSA) is 130 Å². The second-order valence-corrected chi connectivity index (χ2v) is 10.2. The molecule has 0 spiro atoms. The van der Waals surface area contributed by atoms with Gasteiger partial charge in [0.25, 0.3) is 0 Å². The molecule has 2 aromatic rings. The molecule has 3 amide bonds. The van der Waals surface area contributed by atoms with E-state index in [1.807, 2.05) is 0 Å². The highest BCUT2D eigenvalue weighted by Crippen LogP contribution is 2.33. The summed E-state index contributed by atoms with van der Waals surface area (Å²) in [6.07, 6.45) is 1.92. The smallest absolute Gasteiger partial charge is 0.314 e. The Balaban J connectivity index is 1.44. The van der Waals surface area contributed by atoms with Gasteiger partial charge < -0.3 is 15.5 Å². The highest BCUT2D eigenvalue weighted by atomic mass is 35.5. The van der Waals surface area contributed by atoms with Gasteiger partial charge in [0, 0.05) is 36.6 Å². The Morgan fingerprint density at radius 2 is 1.88 bits per heavy atom. The SMILES string of the molecule is O=C(NCCCN1CCCC1=O)C(=O)Nc1c2c(nn1-c1ccc(Cl)cc1)CS(=O)(=O)C2. The van der Waals surface area contributed by atoms with Gasteiger partial charge in [-0.25, -0.2) is 13.1 Å². The van der Waals surface area contributed by atoms with E-state index in [1.165, 1.54) is 4.68 Å². The molecule has 1 saturated heterocycles. The minimum atomic E-state index is -3.36. The second-order valence-electron chi connectivity index (χ2n) is 7.74. The number of benzene rings is 1. The van der Waals surface area contributed by atoms with Crippen molar-refractivity contribution in [2.45, 2.75) is 30.8 Å². The number of likely N-dealkylation sites (tertiary alicyclic amines) is 1. The number of hydrogen-bond acceptors (Lipinski definition) is 6. The third-order valence-electron chi connectivity index (χ3n) is 5.36. The fourth-order valence-electron chi connectivity index (χ4n) is 3.80. The molecule has 0 aliphatic carbocycles. The molecule has 1 fully saturated rings. The highest BCUT2D eigenvalue weighted by molar-refractivity contribution is 7.90. The number of carbonyl (C=O) groups excluding carboxylic acids is 3. The molecule has 0 radical (unpaired) electrons. The number of rotatable bonds is 6. The molecule has 32 heavy (non-hydrogen) atoms. The van der Waals surface area contributed by atoms with Crippen molar-refractivity contribution in [1.29, 1.82) is 0 Å². The quantitative estimate of drug-likeness (QED) is 0.470. The Morgan fingerprint density at radius 3 is 2.56 bits per heavy atom. The number of nitrogens with one attached hydrogen (secondary N) is 2. The van der Waals surface area contributed by atoms with Gasteiger partial charge in [-0.3, -0.25) is 14.4 Å². The molecule has 12 heteroatoms. The van der Waals surface area contributed by atoms with Crippen LogP contribution in [0.5, 0.6) is 0 Å². The van der Waals surface area contributed by atoms with E-state index in [1.54, 1.807) is 29.2 Å². The number of sulfone groups is 1. The van der Waals surface area contributed by atoms with Crippen LogP contribution < -0.4 is 10.6 Å². The van der Waals surface area contributed by atoms with Crippen molar-refractivity contribution in [3.63, 3.8) is 0 Å². The Labute approximate surface area is 189 Å². The van der Waals surface area contributed by atoms with E-state index >= 15 is 0 Å². The number of carbonyl (C=O) groups is 3. The van der Waals surface area contributed by atoms with Crippen LogP contribution in [0.15, 0.2) is 24.3 Å². The summed E-state index contributed by atoms with van der Waals surface area (Å²) in [5, 5.41) is 9.89. The highest BCUT2D eigenvalue weighted by Gasteiger charge is 2.34. The van der Waals surface area contributed by atoms with Crippen LogP contribution in [0.3, 0.4) is 0 Å². The minimum absolute atomic E-state index is 0.105. The van der Waals surface area contributed by atoms with Crippen LogP contribution in [0.25, 0.3) is 5.69 Å². The van der Waals surface area contributed by atoms with Gasteiger partial charge in [0.05, 0.1) is 22.9 Å². The van der Waals surface area contributed by atoms with Gasteiger partial charge in [0.15, 0.2) is 9.84 Å². The summed E-state index contributed by atoms with van der Waals surface area (Å²) >= 11 is 5.93. The van der Waals surface area contributed by atoms with E-state index in [9.17, 15) is 22.8 Å². The van der Waals surface area contributed by atoms with Crippen LogP contribution in [0, 0.1) is 0 Å². The third-order valence-corrected chi connectivity index (χ3v) is 7.05. The average molecular weight is 480 g/mol. The molecule has 0 atom stereocenters. The average Bonchev–Trinajstić information content (AvgIpc) is 3.38. The standard InChI is InChI=1S/C20H22ClN5O5S/c21-13-4-6-14(7-5-13)26-18(15-11-32(30,31)12-16(15)24-26)23-20(29)19(28)22-8-2-10-25-9-1-3-17(25)27/h4-7H,1-3,8-12H2,(H,22,28)(H,23,29). The van der Waals surface area contributed by atoms with Crippen molar-refractivity contribution in [2.75, 3.05) is 25.0 Å². The Bertz CT molecular complexity index is 1180. The molecule has 0 saturated carbocycles. The monoisotopic (exact) mass is 479 g/mol. The van der Waals surface area contributed by atoms with E-state index in [0.29, 0.717) is 41.4 Å². The maximum atomic E-state index is 12.5. The van der Waals surface area contributed by atoms with E-state index in [-0.39, 0.29) is 29.8 Å². The number of anilines is 1. The van der Waals surface area contributed by atoms with Gasteiger partial charge in [0.1, 0.15) is 5.82 Å². The molecule has 1 aromatic carbocycles. The zero-order valence-electron chi connectivity index (χ0n) is 17.1. The summed E-state index contributed by atoms with van der Waals surface area (Å²) in [4.78, 5) is 38.1. The van der Waals surface area contributed by atoms with Crippen molar-refractivity contribution in [3.8, 4) is 5.69 Å². The molecular weight excluding hydrogens is 458 g/mol. The first kappa shape index (κ1) is 22.3. The maximum absolute atomic E-state index is 12.5. The molecule has 0 bridgehead atoms. The van der Waals surface area contributed by atoms with Crippen molar-refractivity contribution in [2.24, 2.45) is 0 Å². The zero-order chi connectivity index (χ0) is 22.9. The van der Waals surface area contributed by atoms with Crippen molar-refractivity contribution >= 4 is 45.0 Å². The Kier molecular flexibility index (Phi) is 6.20. The first-order valence-corrected chi connectivity index (χ1v) is 12.4. The normalized spacial score (nSPS) is 16.8. The third kappa shape index (κ3) is 4.78. The summed E-state index contributed by atoms with van der Waals surface area (Å²) < 4.78 is 25.5. The summed E-state index contributed by atoms with van der Waals surface area (Å²) in [6.45, 7) is 1.48. The molecule has 3 heterocycles. The number of amides is 3. The van der Waals surface area contributed by atoms with Gasteiger partial charge in [-0.05, 0) is 37.1 Å². The number of fused-ring (bicyclic) bond motifs is 1. The Hall–Kier alpha value is -2.92. The van der Waals surface area contributed by atoms with Crippen LogP contribution in [-0.2, 0) is 35.7 Å². The first-order valence-electron chi connectivity index (χ1n) is 10.2. The summed E-state index contributed by atoms with van der Waals surface area (Å²) in [5.41, 5.74) is 1.27. The van der Waals surface area contributed by atoms with Crippen molar-refractivity contribution in [3.05, 3.63) is 40.5 Å². The molecule has 2 aliphatic rings. The van der Waals surface area contributed by atoms with Gasteiger partial charge in [0.2, 0.25) is 5.91 Å². The molecule has 4 rings (SSSR count). The lowest BCUT2D eigenvalue weighted by Gasteiger charge is -2.15. The van der Waals surface area contributed by atoms with E-state index in [2.05, 4.69) is 15.7 Å². The largest absolute Gasteiger partial charge is 0.348 e. The van der Waals surface area contributed by atoms with Crippen molar-refractivity contribution in [1.82, 2.24) is 20.0 Å². The number of halogens is 1. The van der Waals surface area contributed by atoms with E-state index in [0.717, 1.165) is 13.0 Å². The molecule has 170 valence electrons. The molecular formula is C20H22ClN5O5S. The molecule has 2 N–H and O–H groups in total. The Morgan fingerprint density at radius 1 is 1.12 bits per heavy atom. The first-order chi connectivity index (χ1) is 15.2. The lowest BCUT2D eigenvalue weighted by Crippen LogP contribution is -2.37. The fourth-order valence-corrected chi connectivity index (χ4v) is 5.42. The minimum Gasteiger partial charge on any atom is -0.348 e. The molecule has 2 aliphatic heterocycles. The van der Waals surface area contributed by atoms with E-state index in [4.69, 9.17) is 11.6 Å². The van der Waals surface area contributed by atoms with E-state index < -0.39 is 21.7 Å². The van der Waals surface area contributed by atoms with Gasteiger partial charge in [-0.1, -0.05) is 11.6 Å². The molecule has 10 nitrogen and oxygen atoms in total. The number of nitrogens with zero attached hydrogens (tertiary/aromatic N) is 3. The van der Waals surface area contributed by atoms with Gasteiger partial charge in [-0.2, -0.15) is 5.10 Å². The van der Waals surface area contributed by atoms with Gasteiger partial charge >= 0.3 is 11.8 Å². The number of aromatic nitrogens is 2. The number of hydrogen-bond donors (Lipinski definition) is 2. The van der Waals surface area contributed by atoms with Gasteiger partial charge in [-0.15, -0.1) is 0 Å². The summed E-state index contributed by atoms with van der Waals surface area (Å²) in [5.74, 6) is -2.02. The predicted octanol–water partition coefficient (Wildman–Crippen LogP) is 1.02. The van der Waals surface area contributed by atoms with Crippen LogP contribution in [-0.4, -0.2) is 60.5 Å². The summed E-state index contributed by atoms with van der Waals surface area (Å²) in [6, 6.07) is 6.64. The zero-order valence-corrected chi connectivity index (χ0v) is 18.7. The molecule has 1 aromatic heterocycles.